The van der Waals surface area contributed by atoms with Crippen molar-refractivity contribution in [3.05, 3.63) is 65.2 Å². The zero-order chi connectivity index (χ0) is 20.1. The molecular weight excluding hydrogens is 376 g/mol. The van der Waals surface area contributed by atoms with Crippen LogP contribution in [0.25, 0.3) is 0 Å². The molecule has 0 spiro atoms. The van der Waals surface area contributed by atoms with Gasteiger partial charge in [-0.3, -0.25) is 4.79 Å². The van der Waals surface area contributed by atoms with E-state index in [1.807, 2.05) is 38.1 Å². The second-order valence-electron chi connectivity index (χ2n) is 6.89. The van der Waals surface area contributed by atoms with Crippen molar-refractivity contribution in [1.82, 2.24) is 9.62 Å². The second-order valence-corrected chi connectivity index (χ2v) is 8.83. The topological polar surface area (TPSA) is 75.7 Å². The molecule has 0 bridgehead atoms. The molecule has 28 heavy (non-hydrogen) atoms. The first kappa shape index (κ1) is 20.5. The molecule has 1 saturated heterocycles. The smallest absolute Gasteiger partial charge is 0.251 e. The quantitative estimate of drug-likeness (QED) is 0.806. The maximum absolute atomic E-state index is 12.8. The molecule has 0 aromatic heterocycles. The van der Waals surface area contributed by atoms with Gasteiger partial charge >= 0.3 is 0 Å². The molecule has 1 amide bonds. The van der Waals surface area contributed by atoms with E-state index in [0.29, 0.717) is 31.9 Å². The number of sulfonamides is 1. The number of nitrogens with zero attached hydrogens (tertiary/aromatic N) is 1. The molecule has 0 radical (unpaired) electrons. The van der Waals surface area contributed by atoms with E-state index in [9.17, 15) is 13.2 Å². The van der Waals surface area contributed by atoms with Crippen LogP contribution in [0.5, 0.6) is 0 Å². The zero-order valence-electron chi connectivity index (χ0n) is 16.2. The van der Waals surface area contributed by atoms with Crippen LogP contribution in [0.4, 0.5) is 0 Å². The minimum absolute atomic E-state index is 0.130. The highest BCUT2D eigenvalue weighted by Crippen LogP contribution is 2.21. The molecule has 150 valence electrons. The summed E-state index contributed by atoms with van der Waals surface area (Å²) < 4.78 is 32.3. The molecule has 1 atom stereocenters. The summed E-state index contributed by atoms with van der Waals surface area (Å²) in [4.78, 5) is 12.9. The van der Waals surface area contributed by atoms with Gasteiger partial charge in [0.1, 0.15) is 0 Å². The van der Waals surface area contributed by atoms with Crippen LogP contribution in [0.3, 0.4) is 0 Å². The molecule has 3 rings (SSSR count). The second kappa shape index (κ2) is 8.86. The van der Waals surface area contributed by atoms with Crippen molar-refractivity contribution < 1.29 is 17.9 Å². The van der Waals surface area contributed by atoms with E-state index in [1.165, 1.54) is 16.4 Å². The summed E-state index contributed by atoms with van der Waals surface area (Å²) in [6, 6.07) is 14.1. The fourth-order valence-corrected chi connectivity index (χ4v) is 4.65. The van der Waals surface area contributed by atoms with E-state index < -0.39 is 10.0 Å². The van der Waals surface area contributed by atoms with Crippen LogP contribution < -0.4 is 5.32 Å². The number of hydrogen-bond acceptors (Lipinski definition) is 4. The van der Waals surface area contributed by atoms with Crippen LogP contribution in [0, 0.1) is 6.92 Å². The van der Waals surface area contributed by atoms with Crippen LogP contribution in [-0.4, -0.2) is 44.9 Å². The number of hydrogen-bond donors (Lipinski definition) is 1. The molecule has 0 unspecified atom stereocenters. The highest BCUT2D eigenvalue weighted by atomic mass is 32.2. The number of benzene rings is 2. The van der Waals surface area contributed by atoms with E-state index in [4.69, 9.17) is 4.74 Å². The standard InChI is InChI=1S/C21H26N2O4S/c1-3-20(17-9-7-16(2)8-10-17)22-21(24)18-5-4-6-19(15-18)28(25,26)23-11-13-27-14-12-23/h4-10,15,20H,3,11-14H2,1-2H3,(H,22,24)/t20-/m1/s1. The zero-order valence-corrected chi connectivity index (χ0v) is 17.0. The number of rotatable bonds is 6. The Morgan fingerprint density at radius 2 is 1.82 bits per heavy atom. The van der Waals surface area contributed by atoms with Gasteiger partial charge in [0, 0.05) is 18.7 Å². The Kier molecular flexibility index (Phi) is 6.49. The van der Waals surface area contributed by atoms with Crippen LogP contribution in [-0.2, 0) is 14.8 Å². The lowest BCUT2D eigenvalue weighted by atomic mass is 10.0. The normalized spacial score (nSPS) is 16.5. The fraction of sp³-hybridized carbons (Fsp3) is 0.381. The molecule has 7 heteroatoms. The predicted octanol–water partition coefficient (Wildman–Crippen LogP) is 2.90. The number of ether oxygens (including phenoxy) is 1. The summed E-state index contributed by atoms with van der Waals surface area (Å²) >= 11 is 0. The number of morpholine rings is 1. The number of carbonyl (C=O) groups excluding carboxylic acids is 1. The fourth-order valence-electron chi connectivity index (χ4n) is 3.20. The lowest BCUT2D eigenvalue weighted by molar-refractivity contribution is 0.0730. The maximum Gasteiger partial charge on any atom is 0.251 e. The summed E-state index contributed by atoms with van der Waals surface area (Å²) in [7, 11) is -3.64. The summed E-state index contributed by atoms with van der Waals surface area (Å²) in [5, 5.41) is 3.01. The van der Waals surface area contributed by atoms with Crippen molar-refractivity contribution in [1.29, 1.82) is 0 Å². The highest BCUT2D eigenvalue weighted by molar-refractivity contribution is 7.89. The van der Waals surface area contributed by atoms with Gasteiger partial charge in [0.2, 0.25) is 10.0 Å². The Morgan fingerprint density at radius 3 is 2.46 bits per heavy atom. The van der Waals surface area contributed by atoms with E-state index in [-0.39, 0.29) is 16.8 Å². The summed E-state index contributed by atoms with van der Waals surface area (Å²) in [6.07, 6.45) is 0.737. The minimum Gasteiger partial charge on any atom is -0.379 e. The first-order chi connectivity index (χ1) is 13.4. The molecule has 0 aliphatic carbocycles. The number of nitrogens with one attached hydrogen (secondary N) is 1. The van der Waals surface area contributed by atoms with Crippen molar-refractivity contribution in [2.75, 3.05) is 26.3 Å². The number of amides is 1. The Bertz CT molecular complexity index is 920. The molecule has 1 heterocycles. The third-order valence-corrected chi connectivity index (χ3v) is 6.79. The Hall–Kier alpha value is -2.22. The molecule has 0 saturated carbocycles. The minimum atomic E-state index is -3.64. The first-order valence-corrected chi connectivity index (χ1v) is 10.9. The van der Waals surface area contributed by atoms with Crippen molar-refractivity contribution in [3.63, 3.8) is 0 Å². The third-order valence-electron chi connectivity index (χ3n) is 4.90. The van der Waals surface area contributed by atoms with Crippen molar-refractivity contribution in [2.45, 2.75) is 31.2 Å². The predicted molar refractivity (Wildman–Crippen MR) is 108 cm³/mol. The Morgan fingerprint density at radius 1 is 1.14 bits per heavy atom. The third kappa shape index (κ3) is 4.60. The van der Waals surface area contributed by atoms with Gasteiger partial charge < -0.3 is 10.1 Å². The summed E-state index contributed by atoms with van der Waals surface area (Å²) in [5.41, 5.74) is 2.52. The van der Waals surface area contributed by atoms with Crippen LogP contribution in [0.15, 0.2) is 53.4 Å². The van der Waals surface area contributed by atoms with E-state index in [2.05, 4.69) is 5.32 Å². The molecule has 1 fully saturated rings. The Balaban J connectivity index is 1.78. The van der Waals surface area contributed by atoms with Crippen molar-refractivity contribution in [2.24, 2.45) is 0 Å². The lowest BCUT2D eigenvalue weighted by Crippen LogP contribution is -2.40. The average Bonchev–Trinajstić information content (AvgIpc) is 2.73. The van der Waals surface area contributed by atoms with E-state index in [0.717, 1.165) is 17.5 Å². The van der Waals surface area contributed by atoms with Gasteiger partial charge in [0.15, 0.2) is 0 Å². The van der Waals surface area contributed by atoms with Crippen LogP contribution in [0.2, 0.25) is 0 Å². The van der Waals surface area contributed by atoms with Gasteiger partial charge in [0.25, 0.3) is 5.91 Å². The molecular formula is C21H26N2O4S. The first-order valence-electron chi connectivity index (χ1n) is 9.47. The maximum atomic E-state index is 12.8. The molecule has 6 nitrogen and oxygen atoms in total. The summed E-state index contributed by atoms with van der Waals surface area (Å²) in [5.74, 6) is -0.286. The van der Waals surface area contributed by atoms with E-state index >= 15 is 0 Å². The lowest BCUT2D eigenvalue weighted by Gasteiger charge is -2.26. The average molecular weight is 403 g/mol. The van der Waals surface area contributed by atoms with Crippen LogP contribution in [0.1, 0.15) is 40.9 Å². The van der Waals surface area contributed by atoms with Gasteiger partial charge in [-0.25, -0.2) is 8.42 Å². The van der Waals surface area contributed by atoms with Gasteiger partial charge in [-0.05, 0) is 37.1 Å². The van der Waals surface area contributed by atoms with Gasteiger partial charge in [-0.15, -0.1) is 0 Å². The van der Waals surface area contributed by atoms with Gasteiger partial charge in [0.05, 0.1) is 24.2 Å². The molecule has 2 aromatic rings. The molecule has 1 N–H and O–H groups in total. The molecule has 1 aliphatic heterocycles. The summed E-state index contributed by atoms with van der Waals surface area (Å²) in [6.45, 7) is 5.43. The molecule has 2 aromatic carbocycles. The Labute approximate surface area is 166 Å². The largest absolute Gasteiger partial charge is 0.379 e. The molecule has 1 aliphatic rings. The monoisotopic (exact) mass is 402 g/mol. The highest BCUT2D eigenvalue weighted by Gasteiger charge is 2.27. The SMILES string of the molecule is CC[C@@H](NC(=O)c1cccc(S(=O)(=O)N2CCOCC2)c1)c1ccc(C)cc1. The van der Waals surface area contributed by atoms with E-state index in [1.54, 1.807) is 12.1 Å². The van der Waals surface area contributed by atoms with Crippen LogP contribution >= 0.6 is 0 Å². The number of aryl methyl sites for hydroxylation is 1. The van der Waals surface area contributed by atoms with Crippen molar-refractivity contribution in [3.8, 4) is 0 Å². The van der Waals surface area contributed by atoms with Gasteiger partial charge in [-0.1, -0.05) is 42.8 Å². The van der Waals surface area contributed by atoms with Crippen molar-refractivity contribution >= 4 is 15.9 Å². The number of carbonyl (C=O) groups is 1. The van der Waals surface area contributed by atoms with Gasteiger partial charge in [-0.2, -0.15) is 4.31 Å².